The van der Waals surface area contributed by atoms with Crippen molar-refractivity contribution in [1.29, 1.82) is 0 Å². The van der Waals surface area contributed by atoms with Crippen LogP contribution in [0.25, 0.3) is 0 Å². The number of aromatic nitrogens is 1. The van der Waals surface area contributed by atoms with Gasteiger partial charge in [0.25, 0.3) is 0 Å². The number of hydrogen-bond acceptors (Lipinski definition) is 4. The van der Waals surface area contributed by atoms with Gasteiger partial charge in [-0.1, -0.05) is 12.1 Å². The molecule has 0 saturated carbocycles. The van der Waals surface area contributed by atoms with E-state index in [1.807, 2.05) is 0 Å². The number of nitrogens with zero attached hydrogens (tertiary/aromatic N) is 4. The summed E-state index contributed by atoms with van der Waals surface area (Å²) in [4.78, 5) is 12.5. The smallest absolute Gasteiger partial charge is 0.368 e. The van der Waals surface area contributed by atoms with Gasteiger partial charge >= 0.3 is 6.18 Å². The highest BCUT2D eigenvalue weighted by Crippen LogP contribution is 2.30. The summed E-state index contributed by atoms with van der Waals surface area (Å²) in [5.41, 5.74) is 1.66. The Morgan fingerprint density at radius 3 is 2.55 bits per heavy atom. The third-order valence-corrected chi connectivity index (χ3v) is 5.53. The van der Waals surface area contributed by atoms with Gasteiger partial charge < -0.3 is 15.1 Å². The fourth-order valence-electron chi connectivity index (χ4n) is 3.17. The molecule has 2 aromatic rings. The molecule has 1 saturated heterocycles. The minimum Gasteiger partial charge on any atom is -0.368 e. The second-order valence-corrected chi connectivity index (χ2v) is 7.60. The van der Waals surface area contributed by atoms with Crippen LogP contribution in [-0.4, -0.2) is 55.6 Å². The number of thiazole rings is 1. The Labute approximate surface area is 190 Å². The first-order valence-corrected chi connectivity index (χ1v) is 10.0. The second kappa shape index (κ2) is 10.5. The highest BCUT2D eigenvalue weighted by Gasteiger charge is 2.33. The molecule has 0 aliphatic carbocycles. The predicted molar refractivity (Wildman–Crippen MR) is 123 cm³/mol. The Bertz CT molecular complexity index is 816. The van der Waals surface area contributed by atoms with Gasteiger partial charge in [-0.25, -0.2) is 4.98 Å². The van der Waals surface area contributed by atoms with Crippen LogP contribution in [0, 0.1) is 6.92 Å². The Hall–Kier alpha value is -1.56. The van der Waals surface area contributed by atoms with E-state index in [2.05, 4.69) is 56.3 Å². The van der Waals surface area contributed by atoms with Crippen molar-refractivity contribution in [3.8, 4) is 0 Å². The summed E-state index contributed by atoms with van der Waals surface area (Å²) in [7, 11) is 1.72. The zero-order valence-electron chi connectivity index (χ0n) is 16.4. The molecule has 1 aliphatic rings. The summed E-state index contributed by atoms with van der Waals surface area (Å²) >= 11 is 1.04. The molecule has 3 rings (SSSR count). The van der Waals surface area contributed by atoms with Crippen molar-refractivity contribution in [2.75, 3.05) is 44.7 Å². The molecule has 0 atom stereocenters. The van der Waals surface area contributed by atoms with E-state index in [-0.39, 0.29) is 24.0 Å². The third-order valence-electron chi connectivity index (χ3n) is 4.62. The average molecular weight is 539 g/mol. The van der Waals surface area contributed by atoms with Crippen LogP contribution in [-0.2, 0) is 12.6 Å². The quantitative estimate of drug-likeness (QED) is 0.362. The summed E-state index contributed by atoms with van der Waals surface area (Å²) in [6, 6.07) is 8.47. The van der Waals surface area contributed by atoms with Gasteiger partial charge in [0, 0.05) is 57.3 Å². The first-order chi connectivity index (χ1) is 13.4. The zero-order chi connectivity index (χ0) is 20.1. The van der Waals surface area contributed by atoms with Crippen molar-refractivity contribution >= 4 is 47.0 Å². The van der Waals surface area contributed by atoms with Crippen LogP contribution >= 0.6 is 35.3 Å². The van der Waals surface area contributed by atoms with Crippen molar-refractivity contribution in [2.24, 2.45) is 4.99 Å². The first-order valence-electron chi connectivity index (χ1n) is 9.15. The molecule has 29 heavy (non-hydrogen) atoms. The highest BCUT2D eigenvalue weighted by atomic mass is 127. The van der Waals surface area contributed by atoms with Crippen molar-refractivity contribution in [1.82, 2.24) is 15.2 Å². The molecule has 1 aromatic heterocycles. The van der Waals surface area contributed by atoms with Crippen molar-refractivity contribution in [2.45, 2.75) is 19.5 Å². The molecule has 2 heterocycles. The molecule has 0 spiro atoms. The zero-order valence-corrected chi connectivity index (χ0v) is 19.5. The van der Waals surface area contributed by atoms with Gasteiger partial charge in [-0.2, -0.15) is 13.2 Å². The highest BCUT2D eigenvalue weighted by molar-refractivity contribution is 14.0. The minimum absolute atomic E-state index is 0. The van der Waals surface area contributed by atoms with E-state index in [0.29, 0.717) is 18.0 Å². The molecule has 0 unspecified atom stereocenters. The lowest BCUT2D eigenvalue weighted by atomic mass is 10.2. The molecule has 160 valence electrons. The summed E-state index contributed by atoms with van der Waals surface area (Å²) < 4.78 is 37.9. The molecule has 10 heteroatoms. The molecule has 1 N–H and O–H groups in total. The maximum absolute atomic E-state index is 12.6. The van der Waals surface area contributed by atoms with E-state index in [4.69, 9.17) is 0 Å². The molecular formula is C19H25F3IN5S. The van der Waals surface area contributed by atoms with Crippen LogP contribution in [0.5, 0.6) is 0 Å². The number of alkyl halides is 3. The van der Waals surface area contributed by atoms with E-state index in [1.165, 1.54) is 11.3 Å². The number of aliphatic imine (C=N–C) groups is 1. The van der Waals surface area contributed by atoms with Gasteiger partial charge in [0.15, 0.2) is 11.7 Å². The number of hydrogen-bond donors (Lipinski definition) is 1. The average Bonchev–Trinajstić information content (AvgIpc) is 3.15. The van der Waals surface area contributed by atoms with Gasteiger partial charge in [-0.15, -0.1) is 35.3 Å². The van der Waals surface area contributed by atoms with Crippen LogP contribution in [0.3, 0.4) is 0 Å². The number of aryl methyl sites for hydroxylation is 1. The van der Waals surface area contributed by atoms with E-state index < -0.39 is 11.9 Å². The number of anilines is 1. The van der Waals surface area contributed by atoms with Gasteiger partial charge in [0.05, 0.1) is 5.01 Å². The molecule has 1 aromatic carbocycles. The molecule has 0 bridgehead atoms. The third kappa shape index (κ3) is 6.46. The fraction of sp³-hybridized carbons (Fsp3) is 0.474. The number of piperazine rings is 1. The lowest BCUT2D eigenvalue weighted by molar-refractivity contribution is -0.140. The molecular weight excluding hydrogens is 514 g/mol. The minimum atomic E-state index is -4.38. The summed E-state index contributed by atoms with van der Waals surface area (Å²) in [5.74, 6) is 0.775. The fourth-order valence-corrected chi connectivity index (χ4v) is 3.98. The van der Waals surface area contributed by atoms with Gasteiger partial charge in [0.2, 0.25) is 0 Å². The Kier molecular flexibility index (Phi) is 8.56. The summed E-state index contributed by atoms with van der Waals surface area (Å²) in [6.45, 7) is 6.05. The van der Waals surface area contributed by atoms with Crippen LogP contribution in [0.15, 0.2) is 34.6 Å². The van der Waals surface area contributed by atoms with Crippen LogP contribution in [0.1, 0.15) is 16.3 Å². The number of guanidine groups is 1. The van der Waals surface area contributed by atoms with E-state index >= 15 is 0 Å². The molecule has 1 fully saturated rings. The van der Waals surface area contributed by atoms with Crippen LogP contribution < -0.4 is 10.2 Å². The summed E-state index contributed by atoms with van der Waals surface area (Å²) in [5, 5.41) is 4.78. The van der Waals surface area contributed by atoms with E-state index in [1.54, 1.807) is 7.05 Å². The number of halogens is 4. The monoisotopic (exact) mass is 539 g/mol. The maximum Gasteiger partial charge on any atom is 0.434 e. The van der Waals surface area contributed by atoms with Crippen molar-refractivity contribution < 1.29 is 13.2 Å². The summed E-state index contributed by atoms with van der Waals surface area (Å²) in [6.07, 6.45) is -3.95. The van der Waals surface area contributed by atoms with Crippen molar-refractivity contribution in [3.63, 3.8) is 0 Å². The van der Waals surface area contributed by atoms with Crippen molar-refractivity contribution in [3.05, 3.63) is 45.9 Å². The lowest BCUT2D eigenvalue weighted by Crippen LogP contribution is -2.52. The number of benzene rings is 1. The largest absolute Gasteiger partial charge is 0.434 e. The van der Waals surface area contributed by atoms with Gasteiger partial charge in [-0.3, -0.25) is 4.99 Å². The number of rotatable bonds is 4. The lowest BCUT2D eigenvalue weighted by Gasteiger charge is -2.37. The molecule has 5 nitrogen and oxygen atoms in total. The van der Waals surface area contributed by atoms with Gasteiger partial charge in [-0.05, 0) is 24.6 Å². The maximum atomic E-state index is 12.6. The van der Waals surface area contributed by atoms with E-state index in [9.17, 15) is 13.2 Å². The molecule has 0 radical (unpaired) electrons. The Morgan fingerprint density at radius 2 is 1.97 bits per heavy atom. The SMILES string of the molecule is CN=C(NCCc1nc(C(F)(F)F)cs1)N1CCN(c2cccc(C)c2)CC1.I. The number of nitrogens with one attached hydrogen (secondary N) is 1. The Morgan fingerprint density at radius 1 is 1.24 bits per heavy atom. The molecule has 1 aliphatic heterocycles. The van der Waals surface area contributed by atoms with Crippen LogP contribution in [0.2, 0.25) is 0 Å². The first kappa shape index (κ1) is 23.7. The molecule has 0 amide bonds. The van der Waals surface area contributed by atoms with E-state index in [0.717, 1.165) is 48.9 Å². The van der Waals surface area contributed by atoms with Gasteiger partial charge in [0.1, 0.15) is 0 Å². The standard InChI is InChI=1S/C19H24F3N5S.HI/c1-14-4-3-5-15(12-14)26-8-10-27(11-9-26)18(23-2)24-7-6-17-25-16(13-28-17)19(20,21)22;/h3-5,12-13H,6-11H2,1-2H3,(H,23,24);1H. The predicted octanol–water partition coefficient (Wildman–Crippen LogP) is 4.03. The topological polar surface area (TPSA) is 43.8 Å². The normalized spacial score (nSPS) is 15.3. The second-order valence-electron chi connectivity index (χ2n) is 6.66. The Balaban J connectivity index is 0.00000300. The van der Waals surface area contributed by atoms with Crippen LogP contribution in [0.4, 0.5) is 18.9 Å².